The summed E-state index contributed by atoms with van der Waals surface area (Å²) in [6.45, 7) is 0. The Bertz CT molecular complexity index is 588. The molecule has 0 spiro atoms. The fraction of sp³-hybridized carbons (Fsp3) is 0. The predicted octanol–water partition coefficient (Wildman–Crippen LogP) is 6.14. The van der Waals surface area contributed by atoms with Crippen molar-refractivity contribution < 1.29 is 33.6 Å². The van der Waals surface area contributed by atoms with Crippen LogP contribution in [0.15, 0.2) is 91.0 Å². The van der Waals surface area contributed by atoms with Crippen molar-refractivity contribution in [2.24, 2.45) is 0 Å². The van der Waals surface area contributed by atoms with E-state index in [1.165, 1.54) is 0 Å². The van der Waals surface area contributed by atoms with E-state index in [1.54, 1.807) is 20.0 Å². The number of para-hydroxylation sites is 3. The minimum absolute atomic E-state index is 0.709. The van der Waals surface area contributed by atoms with Crippen molar-refractivity contribution in [3.63, 3.8) is 0 Å². The zero-order valence-corrected chi connectivity index (χ0v) is 16.3. The average molecular weight is 543 g/mol. The predicted molar refractivity (Wildman–Crippen MR) is 94.0 cm³/mol. The van der Waals surface area contributed by atoms with Gasteiger partial charge in [-0.3, -0.25) is 0 Å². The summed E-state index contributed by atoms with van der Waals surface area (Å²) in [6.07, 6.45) is 0. The largest absolute Gasteiger partial charge is 0.530 e. The molecule has 0 heterocycles. The Hall–Kier alpha value is -1.48. The second-order valence-corrected chi connectivity index (χ2v) is 5.43. The van der Waals surface area contributed by atoms with Crippen LogP contribution in [-0.2, 0) is 20.0 Å². The van der Waals surface area contributed by atoms with E-state index in [0.717, 1.165) is 0 Å². The maximum Gasteiger partial charge on any atom is 0.530 e. The van der Waals surface area contributed by atoms with Crippen molar-refractivity contribution in [1.82, 2.24) is 0 Å². The molecule has 0 saturated carbocycles. The second-order valence-electron chi connectivity index (χ2n) is 4.44. The van der Waals surface area contributed by atoms with Crippen LogP contribution in [0.5, 0.6) is 17.2 Å². The zero-order chi connectivity index (χ0) is 17.0. The monoisotopic (exact) mass is 542 g/mol. The summed E-state index contributed by atoms with van der Waals surface area (Å²) in [4.78, 5) is 0. The quantitative estimate of drug-likeness (QED) is 0.277. The fourth-order valence-corrected chi connectivity index (χ4v) is 2.75. The van der Waals surface area contributed by atoms with Crippen LogP contribution in [0.2, 0.25) is 0 Å². The molecule has 128 valence electrons. The standard InChI is InChI=1S/C18H15O3P.Au.ClH/c1-4-10-16(11-5-1)19-22(20-17-12-6-2-7-13-17)21-18-14-8-3-9-15-18;;/h1-15H;;1H/q;+1;/p-1. The summed E-state index contributed by atoms with van der Waals surface area (Å²) < 4.78 is 17.5. The van der Waals surface area contributed by atoms with E-state index in [9.17, 15) is 0 Å². The summed E-state index contributed by atoms with van der Waals surface area (Å²) in [5.41, 5.74) is 0. The van der Waals surface area contributed by atoms with Gasteiger partial charge in [0.1, 0.15) is 17.2 Å². The molecule has 0 saturated heterocycles. The first-order chi connectivity index (χ1) is 11.9. The van der Waals surface area contributed by atoms with Gasteiger partial charge in [0, 0.05) is 0 Å². The van der Waals surface area contributed by atoms with Crippen LogP contribution < -0.4 is 13.6 Å². The van der Waals surface area contributed by atoms with Crippen molar-refractivity contribution >= 4 is 17.8 Å². The molecule has 3 aromatic carbocycles. The normalized spacial score (nSPS) is 9.67. The van der Waals surface area contributed by atoms with E-state index in [1.807, 2.05) is 91.0 Å². The van der Waals surface area contributed by atoms with Crippen molar-refractivity contribution in [2.75, 3.05) is 0 Å². The first kappa shape index (κ1) is 18.9. The van der Waals surface area contributed by atoms with Crippen LogP contribution in [0.25, 0.3) is 0 Å². The van der Waals surface area contributed by atoms with Crippen LogP contribution in [-0.4, -0.2) is 0 Å². The molecule has 0 unspecified atom stereocenters. The van der Waals surface area contributed by atoms with Gasteiger partial charge in [0.15, 0.2) is 0 Å². The third-order valence-corrected chi connectivity index (χ3v) is 3.85. The van der Waals surface area contributed by atoms with E-state index in [2.05, 4.69) is 9.19 Å². The molecule has 6 heteroatoms. The number of benzene rings is 3. The molecule has 0 aliphatic heterocycles. The summed E-state index contributed by atoms with van der Waals surface area (Å²) in [5, 5.41) is 0. The summed E-state index contributed by atoms with van der Waals surface area (Å²) >= 11 is 1.75. The van der Waals surface area contributed by atoms with E-state index in [0.29, 0.717) is 17.2 Å². The maximum absolute atomic E-state index is 5.84. The Balaban J connectivity index is 0.00000100. The van der Waals surface area contributed by atoms with Crippen LogP contribution in [0, 0.1) is 0 Å². The van der Waals surface area contributed by atoms with Crippen LogP contribution in [0.4, 0.5) is 0 Å². The molecule has 0 N–H and O–H groups in total. The summed E-state index contributed by atoms with van der Waals surface area (Å²) in [7, 11) is 2.99. The topological polar surface area (TPSA) is 27.7 Å². The maximum atomic E-state index is 5.84. The summed E-state index contributed by atoms with van der Waals surface area (Å²) in [6, 6.07) is 28.5. The molecule has 0 aromatic heterocycles. The Morgan fingerprint density at radius 3 is 1.00 bits per heavy atom. The first-order valence-corrected chi connectivity index (χ1v) is 10.8. The average Bonchev–Trinajstić information content (AvgIpc) is 2.66. The van der Waals surface area contributed by atoms with Gasteiger partial charge in [0.2, 0.25) is 0 Å². The van der Waals surface area contributed by atoms with Crippen LogP contribution in [0.1, 0.15) is 0 Å². The number of halogens is 1. The molecule has 0 bridgehead atoms. The zero-order valence-electron chi connectivity index (χ0n) is 12.5. The molecule has 3 rings (SSSR count). The Kier molecular flexibility index (Phi) is 8.75. The molecular formula is C18H15AuClO3P. The van der Waals surface area contributed by atoms with Gasteiger partial charge in [0.25, 0.3) is 0 Å². The molecule has 24 heavy (non-hydrogen) atoms. The second kappa shape index (κ2) is 11.1. The Morgan fingerprint density at radius 1 is 0.500 bits per heavy atom. The molecule has 0 aliphatic carbocycles. The molecule has 0 aliphatic rings. The van der Waals surface area contributed by atoms with E-state index >= 15 is 0 Å². The van der Waals surface area contributed by atoms with Crippen LogP contribution in [0.3, 0.4) is 0 Å². The van der Waals surface area contributed by atoms with Gasteiger partial charge >= 0.3 is 37.8 Å². The molecule has 3 aromatic rings. The molecule has 0 radical (unpaired) electrons. The first-order valence-electron chi connectivity index (χ1n) is 7.01. The molecule has 0 amide bonds. The minimum atomic E-state index is -1.59. The molecular weight excluding hydrogens is 528 g/mol. The van der Waals surface area contributed by atoms with Crippen molar-refractivity contribution in [1.29, 1.82) is 0 Å². The SMILES string of the molecule is [Cl][Au].c1ccc(OP(Oc2ccccc2)Oc2ccccc2)cc1. The Morgan fingerprint density at radius 2 is 0.750 bits per heavy atom. The number of hydrogen-bond donors (Lipinski definition) is 0. The van der Waals surface area contributed by atoms with E-state index in [4.69, 9.17) is 13.6 Å². The van der Waals surface area contributed by atoms with Gasteiger partial charge in [0.05, 0.1) is 0 Å². The summed E-state index contributed by atoms with van der Waals surface area (Å²) in [5.74, 6) is 2.13. The van der Waals surface area contributed by atoms with Gasteiger partial charge in [-0.05, 0) is 36.4 Å². The molecule has 0 atom stereocenters. The number of rotatable bonds is 6. The number of hydrogen-bond acceptors (Lipinski definition) is 3. The van der Waals surface area contributed by atoms with Crippen molar-refractivity contribution in [3.8, 4) is 17.2 Å². The third-order valence-electron chi connectivity index (χ3n) is 2.77. The van der Waals surface area contributed by atoms with Gasteiger partial charge in [-0.15, -0.1) is 0 Å². The van der Waals surface area contributed by atoms with Crippen molar-refractivity contribution in [2.45, 2.75) is 0 Å². The van der Waals surface area contributed by atoms with E-state index in [-0.39, 0.29) is 0 Å². The minimum Gasteiger partial charge on any atom is -0.409 e. The van der Waals surface area contributed by atoms with Crippen LogP contribution >= 0.6 is 17.8 Å². The van der Waals surface area contributed by atoms with E-state index < -0.39 is 8.60 Å². The third kappa shape index (κ3) is 6.56. The smallest absolute Gasteiger partial charge is 0.409 e. The van der Waals surface area contributed by atoms with Gasteiger partial charge < -0.3 is 13.6 Å². The van der Waals surface area contributed by atoms with Gasteiger partial charge in [-0.2, -0.15) is 0 Å². The van der Waals surface area contributed by atoms with Gasteiger partial charge in [-0.25, -0.2) is 0 Å². The van der Waals surface area contributed by atoms with Crippen molar-refractivity contribution in [3.05, 3.63) is 91.0 Å². The molecule has 3 nitrogen and oxygen atoms in total. The Labute approximate surface area is 159 Å². The van der Waals surface area contributed by atoms with Gasteiger partial charge in [-0.1, -0.05) is 54.6 Å². The fourth-order valence-electron chi connectivity index (χ4n) is 1.76. The molecule has 0 fully saturated rings.